The highest BCUT2D eigenvalue weighted by molar-refractivity contribution is 6.03. The number of hydrogen-bond acceptors (Lipinski definition) is 4. The van der Waals surface area contributed by atoms with E-state index in [1.54, 1.807) is 0 Å². The van der Waals surface area contributed by atoms with Crippen LogP contribution in [0.2, 0.25) is 0 Å². The van der Waals surface area contributed by atoms with Crippen molar-refractivity contribution in [1.82, 2.24) is 4.98 Å². The predicted octanol–water partition coefficient (Wildman–Crippen LogP) is 6.83. The Morgan fingerprint density at radius 2 is 1.45 bits per heavy atom. The summed E-state index contributed by atoms with van der Waals surface area (Å²) in [5, 5.41) is 2.13. The maximum atomic E-state index is 12.7. The molecule has 0 amide bonds. The molecule has 0 fully saturated rings. The summed E-state index contributed by atoms with van der Waals surface area (Å²) in [5.74, 6) is 0.203. The topological polar surface area (TPSA) is 52.3 Å². The third-order valence-corrected chi connectivity index (χ3v) is 5.85. The zero-order valence-corrected chi connectivity index (χ0v) is 18.3. The Labute approximate surface area is 192 Å². The number of aromatic nitrogens is 1. The monoisotopic (exact) mass is 435 g/mol. The number of oxazole rings is 1. The van der Waals surface area contributed by atoms with E-state index in [0.29, 0.717) is 30.7 Å². The van der Waals surface area contributed by atoms with Gasteiger partial charge in [0.1, 0.15) is 5.52 Å². The van der Waals surface area contributed by atoms with E-state index in [1.165, 1.54) is 5.56 Å². The molecule has 33 heavy (non-hydrogen) atoms. The van der Waals surface area contributed by atoms with Crippen LogP contribution in [0.5, 0.6) is 0 Å². The van der Waals surface area contributed by atoms with Crippen LogP contribution < -0.4 is 0 Å². The highest BCUT2D eigenvalue weighted by Crippen LogP contribution is 2.31. The lowest BCUT2D eigenvalue weighted by molar-refractivity contribution is -0.150. The van der Waals surface area contributed by atoms with Gasteiger partial charge in [0, 0.05) is 11.8 Å². The zero-order valence-electron chi connectivity index (χ0n) is 18.3. The van der Waals surface area contributed by atoms with Gasteiger partial charge in [0.05, 0.1) is 0 Å². The summed E-state index contributed by atoms with van der Waals surface area (Å²) < 4.78 is 12.0. The van der Waals surface area contributed by atoms with Crippen molar-refractivity contribution in [2.75, 3.05) is 0 Å². The molecule has 164 valence electrons. The van der Waals surface area contributed by atoms with Crippen LogP contribution in [-0.4, -0.2) is 11.0 Å². The molecule has 0 saturated heterocycles. The molecule has 0 aliphatic heterocycles. The molecule has 0 aliphatic rings. The molecule has 0 spiro atoms. The number of aryl methyl sites for hydroxylation is 2. The predicted molar refractivity (Wildman–Crippen MR) is 130 cm³/mol. The molecule has 4 heteroatoms. The molecule has 0 N–H and O–H groups in total. The lowest BCUT2D eigenvalue weighted by Crippen LogP contribution is -2.13. The minimum Gasteiger partial charge on any atom is -0.452 e. The van der Waals surface area contributed by atoms with Gasteiger partial charge in [-0.15, -0.1) is 0 Å². The molecule has 4 aromatic carbocycles. The molecule has 0 bridgehead atoms. The molecule has 1 aromatic heterocycles. The van der Waals surface area contributed by atoms with Gasteiger partial charge in [-0.05, 0) is 41.8 Å². The maximum absolute atomic E-state index is 12.7. The summed E-state index contributed by atoms with van der Waals surface area (Å²) in [6.45, 7) is 0. The van der Waals surface area contributed by atoms with Crippen molar-refractivity contribution in [2.45, 2.75) is 31.8 Å². The maximum Gasteiger partial charge on any atom is 0.306 e. The largest absolute Gasteiger partial charge is 0.452 e. The van der Waals surface area contributed by atoms with Crippen molar-refractivity contribution < 1.29 is 13.9 Å². The van der Waals surface area contributed by atoms with Gasteiger partial charge in [-0.3, -0.25) is 4.79 Å². The van der Waals surface area contributed by atoms with Crippen molar-refractivity contribution in [3.05, 3.63) is 114 Å². The van der Waals surface area contributed by atoms with E-state index in [9.17, 15) is 4.79 Å². The van der Waals surface area contributed by atoms with E-state index in [0.717, 1.165) is 28.3 Å². The quantitative estimate of drug-likeness (QED) is 0.251. The average Bonchev–Trinajstić information content (AvgIpc) is 3.31. The van der Waals surface area contributed by atoms with Crippen LogP contribution in [0, 0.1) is 0 Å². The summed E-state index contributed by atoms with van der Waals surface area (Å²) in [4.78, 5) is 17.5. The van der Waals surface area contributed by atoms with Crippen molar-refractivity contribution in [2.24, 2.45) is 0 Å². The van der Waals surface area contributed by atoms with E-state index < -0.39 is 6.10 Å². The Kier molecular flexibility index (Phi) is 6.16. The molecular formula is C29H25NO3. The first-order valence-electron chi connectivity index (χ1n) is 11.3. The van der Waals surface area contributed by atoms with Crippen LogP contribution in [0.25, 0.3) is 21.9 Å². The minimum atomic E-state index is -0.542. The van der Waals surface area contributed by atoms with Crippen LogP contribution in [-0.2, 0) is 22.4 Å². The minimum absolute atomic E-state index is 0.246. The SMILES string of the molecule is O=C(CCc1ccccc1)O[C@H](CCc1ccccc1)c1nc2c(ccc3ccccc32)o1. The molecular weight excluding hydrogens is 410 g/mol. The number of esters is 1. The van der Waals surface area contributed by atoms with Gasteiger partial charge in [-0.1, -0.05) is 91.0 Å². The number of benzene rings is 4. The van der Waals surface area contributed by atoms with E-state index in [2.05, 4.69) is 18.2 Å². The standard InChI is InChI=1S/C29H25NO3/c31-27(20-16-22-11-5-2-6-12-22)32-26(18-15-21-9-3-1-4-10-21)29-30-28-24-14-8-7-13-23(24)17-19-25(28)33-29/h1-14,17,19,26H,15-16,18,20H2/t26-/m1/s1. The van der Waals surface area contributed by atoms with Crippen LogP contribution in [0.15, 0.2) is 101 Å². The van der Waals surface area contributed by atoms with E-state index in [4.69, 9.17) is 14.1 Å². The molecule has 0 saturated carbocycles. The first-order valence-corrected chi connectivity index (χ1v) is 11.3. The highest BCUT2D eigenvalue weighted by atomic mass is 16.6. The summed E-state index contributed by atoms with van der Waals surface area (Å²) in [6, 6.07) is 32.2. The van der Waals surface area contributed by atoms with E-state index in [1.807, 2.05) is 78.9 Å². The van der Waals surface area contributed by atoms with Crippen LogP contribution in [0.1, 0.15) is 36.0 Å². The van der Waals surface area contributed by atoms with Gasteiger partial charge in [0.15, 0.2) is 11.7 Å². The number of ether oxygens (including phenoxy) is 1. The van der Waals surface area contributed by atoms with Crippen molar-refractivity contribution in [1.29, 1.82) is 0 Å². The lowest BCUT2D eigenvalue weighted by Gasteiger charge is -2.15. The fraction of sp³-hybridized carbons (Fsp3) is 0.172. The number of hydrogen-bond donors (Lipinski definition) is 0. The fourth-order valence-corrected chi connectivity index (χ4v) is 4.10. The number of rotatable bonds is 8. The highest BCUT2D eigenvalue weighted by Gasteiger charge is 2.23. The summed E-state index contributed by atoms with van der Waals surface area (Å²) >= 11 is 0. The van der Waals surface area contributed by atoms with Crippen LogP contribution in [0.3, 0.4) is 0 Å². The molecule has 0 aliphatic carbocycles. The second-order valence-corrected chi connectivity index (χ2v) is 8.17. The van der Waals surface area contributed by atoms with Gasteiger partial charge in [-0.25, -0.2) is 4.98 Å². The third kappa shape index (κ3) is 4.96. The Balaban J connectivity index is 1.39. The fourth-order valence-electron chi connectivity index (χ4n) is 4.10. The summed E-state index contributed by atoms with van der Waals surface area (Å²) in [7, 11) is 0. The Bertz CT molecular complexity index is 1360. The molecule has 0 unspecified atom stereocenters. The van der Waals surface area contributed by atoms with Crippen molar-refractivity contribution >= 4 is 27.8 Å². The number of nitrogens with zero attached hydrogens (tertiary/aromatic N) is 1. The first kappa shape index (κ1) is 21.0. The third-order valence-electron chi connectivity index (χ3n) is 5.85. The normalized spacial score (nSPS) is 12.1. The van der Waals surface area contributed by atoms with Crippen LogP contribution >= 0.6 is 0 Å². The van der Waals surface area contributed by atoms with Crippen molar-refractivity contribution in [3.8, 4) is 0 Å². The van der Waals surface area contributed by atoms with Gasteiger partial charge >= 0.3 is 5.97 Å². The Morgan fingerprint density at radius 1 is 0.788 bits per heavy atom. The van der Waals surface area contributed by atoms with Gasteiger partial charge in [0.25, 0.3) is 0 Å². The molecule has 5 rings (SSSR count). The molecule has 5 aromatic rings. The Morgan fingerprint density at radius 3 is 2.21 bits per heavy atom. The van der Waals surface area contributed by atoms with Gasteiger partial charge < -0.3 is 9.15 Å². The van der Waals surface area contributed by atoms with Gasteiger partial charge in [0.2, 0.25) is 5.89 Å². The first-order chi connectivity index (χ1) is 16.3. The van der Waals surface area contributed by atoms with Gasteiger partial charge in [-0.2, -0.15) is 0 Å². The second kappa shape index (κ2) is 9.70. The molecule has 1 heterocycles. The lowest BCUT2D eigenvalue weighted by atomic mass is 10.1. The number of fused-ring (bicyclic) bond motifs is 3. The van der Waals surface area contributed by atoms with Crippen LogP contribution in [0.4, 0.5) is 0 Å². The molecule has 1 atom stereocenters. The number of carbonyl (C=O) groups excluding carboxylic acids is 1. The summed E-state index contributed by atoms with van der Waals surface area (Å²) in [5.41, 5.74) is 3.80. The molecule has 4 nitrogen and oxygen atoms in total. The zero-order chi connectivity index (χ0) is 22.5. The average molecular weight is 436 g/mol. The smallest absolute Gasteiger partial charge is 0.306 e. The Hall–Kier alpha value is -3.92. The molecule has 0 radical (unpaired) electrons. The van der Waals surface area contributed by atoms with E-state index in [-0.39, 0.29) is 5.97 Å². The summed E-state index contributed by atoms with van der Waals surface area (Å²) in [6.07, 6.45) is 1.78. The second-order valence-electron chi connectivity index (χ2n) is 8.17. The van der Waals surface area contributed by atoms with E-state index >= 15 is 0 Å². The number of carbonyl (C=O) groups is 1. The van der Waals surface area contributed by atoms with Crippen molar-refractivity contribution in [3.63, 3.8) is 0 Å².